The molecule has 62 heavy (non-hydrogen) atoms. The summed E-state index contributed by atoms with van der Waals surface area (Å²) < 4.78 is 12.6. The van der Waals surface area contributed by atoms with E-state index < -0.39 is 84.3 Å². The molecule has 1 fully saturated rings. The van der Waals surface area contributed by atoms with E-state index in [1.165, 1.54) is 54.6 Å². The molecule has 0 spiro atoms. The van der Waals surface area contributed by atoms with Crippen molar-refractivity contribution in [2.75, 3.05) is 6.61 Å². The lowest BCUT2D eigenvalue weighted by atomic mass is 9.63. The van der Waals surface area contributed by atoms with E-state index in [9.17, 15) is 61.3 Å². The van der Waals surface area contributed by atoms with Crippen molar-refractivity contribution in [3.63, 3.8) is 0 Å². The second-order valence-electron chi connectivity index (χ2n) is 16.6. The minimum atomic E-state index is -1.88. The van der Waals surface area contributed by atoms with E-state index in [0.717, 1.165) is 0 Å². The highest BCUT2D eigenvalue weighted by molar-refractivity contribution is 5.71. The molecule has 1 saturated heterocycles. The zero-order valence-corrected chi connectivity index (χ0v) is 32.6. The Labute approximate surface area is 353 Å². The molecule has 318 valence electrons. The minimum Gasteiger partial charge on any atom is -0.508 e. The molecular formula is C48H42O14. The van der Waals surface area contributed by atoms with Crippen molar-refractivity contribution in [1.29, 1.82) is 0 Å². The van der Waals surface area contributed by atoms with Crippen LogP contribution < -0.4 is 4.74 Å². The van der Waals surface area contributed by atoms with E-state index in [1.54, 1.807) is 48.5 Å². The first-order valence-corrected chi connectivity index (χ1v) is 20.1. The van der Waals surface area contributed by atoms with Crippen LogP contribution in [0.15, 0.2) is 103 Å². The molecule has 0 saturated carbocycles. The van der Waals surface area contributed by atoms with Gasteiger partial charge in [-0.1, -0.05) is 36.4 Å². The molecule has 12 N–H and O–H groups in total. The number of aromatic hydroxyl groups is 8. The van der Waals surface area contributed by atoms with Crippen LogP contribution in [0, 0.1) is 0 Å². The van der Waals surface area contributed by atoms with Crippen molar-refractivity contribution < 1.29 is 70.8 Å². The number of aliphatic hydroxyl groups excluding tert-OH is 4. The van der Waals surface area contributed by atoms with Crippen LogP contribution in [0.1, 0.15) is 97.4 Å². The fraction of sp³-hybridized carbons (Fsp3) is 0.250. The molecule has 11 unspecified atom stereocenters. The Morgan fingerprint density at radius 1 is 0.419 bits per heavy atom. The maximum atomic E-state index is 12.7. The third kappa shape index (κ3) is 5.90. The van der Waals surface area contributed by atoms with E-state index in [4.69, 9.17) is 9.47 Å². The van der Waals surface area contributed by atoms with Gasteiger partial charge in [0.1, 0.15) is 88.4 Å². The van der Waals surface area contributed by atoms with Crippen LogP contribution in [0.2, 0.25) is 0 Å². The number of rotatable bonds is 5. The summed E-state index contributed by atoms with van der Waals surface area (Å²) in [5.74, 6) is -5.91. The van der Waals surface area contributed by atoms with Gasteiger partial charge in [0.05, 0.1) is 18.1 Å². The van der Waals surface area contributed by atoms with Gasteiger partial charge in [0.25, 0.3) is 0 Å². The predicted molar refractivity (Wildman–Crippen MR) is 219 cm³/mol. The van der Waals surface area contributed by atoms with Crippen molar-refractivity contribution in [1.82, 2.24) is 0 Å². The monoisotopic (exact) mass is 842 g/mol. The maximum Gasteiger partial charge on any atom is 0.135 e. The molecule has 0 radical (unpaired) electrons. The van der Waals surface area contributed by atoms with E-state index in [-0.39, 0.29) is 51.4 Å². The van der Waals surface area contributed by atoms with Crippen molar-refractivity contribution in [2.24, 2.45) is 0 Å². The largest absolute Gasteiger partial charge is 0.508 e. The average Bonchev–Trinajstić information content (AvgIpc) is 3.78. The Hall–Kier alpha value is -6.68. The second kappa shape index (κ2) is 14.5. The summed E-state index contributed by atoms with van der Waals surface area (Å²) >= 11 is 0. The molecule has 2 aliphatic heterocycles. The topological polar surface area (TPSA) is 261 Å². The van der Waals surface area contributed by atoms with Crippen LogP contribution in [0.25, 0.3) is 0 Å². The molecule has 14 heteroatoms. The number of hydrogen-bond donors (Lipinski definition) is 12. The number of hydrogen-bond acceptors (Lipinski definition) is 14. The molecule has 14 nitrogen and oxygen atoms in total. The Kier molecular flexibility index (Phi) is 9.21. The molecule has 0 bridgehead atoms. The van der Waals surface area contributed by atoms with Crippen molar-refractivity contribution in [2.45, 2.75) is 66.2 Å². The molecule has 6 aromatic rings. The highest BCUT2D eigenvalue weighted by Crippen LogP contribution is 2.70. The minimum absolute atomic E-state index is 0.0118. The molecule has 4 aliphatic rings. The van der Waals surface area contributed by atoms with Gasteiger partial charge in [0, 0.05) is 52.5 Å². The highest BCUT2D eigenvalue weighted by Gasteiger charge is 2.56. The Morgan fingerprint density at radius 2 is 0.919 bits per heavy atom. The standard InChI is InChI=1S/C48H42O14/c49-18-33-43(57)45(59)46(60)48(62-33)42-31(56)17-29-39-34(19-1-7-22(50)8-2-19)36-27(13-25(53)15-30(36)55)41-37-28(38(39)35(40(29)44(42)58)20-3-9-23(51)10-4-20)14-26(54)16-32(37)61-47(41)21-5-11-24(52)12-6-21/h1-17,33-35,38-39,41,43,45-60H,18H2. The van der Waals surface area contributed by atoms with Gasteiger partial charge in [-0.2, -0.15) is 0 Å². The lowest BCUT2D eigenvalue weighted by Crippen LogP contribution is -2.55. The zero-order valence-electron chi connectivity index (χ0n) is 32.6. The van der Waals surface area contributed by atoms with Crippen LogP contribution in [0.3, 0.4) is 0 Å². The maximum absolute atomic E-state index is 12.7. The SMILES string of the molecule is OCC1OC(c2c(O)cc3c(c2O)C(c2ccc(O)cc2)C2c4cc(O)cc5c4C(c4cc(O)cc(O)c4C(c4ccc(O)cc4)C32)C(c2ccc(O)cc2)O5)C(O)C(O)C1O. The smallest absolute Gasteiger partial charge is 0.135 e. The third-order valence-corrected chi connectivity index (χ3v) is 13.3. The van der Waals surface area contributed by atoms with E-state index in [2.05, 4.69) is 0 Å². The molecule has 0 aromatic heterocycles. The Balaban J connectivity index is 1.33. The van der Waals surface area contributed by atoms with E-state index in [1.807, 2.05) is 0 Å². The van der Waals surface area contributed by atoms with Gasteiger partial charge >= 0.3 is 0 Å². The van der Waals surface area contributed by atoms with Crippen molar-refractivity contribution >= 4 is 0 Å². The normalized spacial score (nSPS) is 28.2. The number of phenolic OH excluding ortho intramolecular Hbond substituents is 8. The lowest BCUT2D eigenvalue weighted by Gasteiger charge is -2.40. The number of phenols is 8. The van der Waals surface area contributed by atoms with Gasteiger partial charge < -0.3 is 70.8 Å². The van der Waals surface area contributed by atoms with Gasteiger partial charge in [-0.3, -0.25) is 0 Å². The van der Waals surface area contributed by atoms with Gasteiger partial charge in [0.15, 0.2) is 0 Å². The van der Waals surface area contributed by atoms with E-state index in [0.29, 0.717) is 44.5 Å². The summed E-state index contributed by atoms with van der Waals surface area (Å²) in [4.78, 5) is 0. The zero-order chi connectivity index (χ0) is 43.5. The quantitative estimate of drug-likeness (QED) is 0.106. The van der Waals surface area contributed by atoms with Crippen LogP contribution in [0.5, 0.6) is 51.7 Å². The fourth-order valence-electron chi connectivity index (χ4n) is 10.7. The van der Waals surface area contributed by atoms with Gasteiger partial charge in [0.2, 0.25) is 0 Å². The lowest BCUT2D eigenvalue weighted by molar-refractivity contribution is -0.232. The van der Waals surface area contributed by atoms with E-state index >= 15 is 0 Å². The van der Waals surface area contributed by atoms with Crippen LogP contribution >= 0.6 is 0 Å². The molecule has 6 aromatic carbocycles. The number of aliphatic hydroxyl groups is 4. The first-order chi connectivity index (χ1) is 29.7. The molecule has 0 amide bonds. The molecular weight excluding hydrogens is 801 g/mol. The third-order valence-electron chi connectivity index (χ3n) is 13.3. The van der Waals surface area contributed by atoms with Gasteiger partial charge in [-0.05, 0) is 88.0 Å². The van der Waals surface area contributed by atoms with Crippen molar-refractivity contribution in [3.8, 4) is 51.7 Å². The predicted octanol–water partition coefficient (Wildman–Crippen LogP) is 5.27. The number of benzene rings is 6. The summed E-state index contributed by atoms with van der Waals surface area (Å²) in [6.45, 7) is -0.766. The summed E-state index contributed by atoms with van der Waals surface area (Å²) in [6, 6.07) is 26.3. The van der Waals surface area contributed by atoms with Gasteiger partial charge in [-0.15, -0.1) is 0 Å². The van der Waals surface area contributed by atoms with Crippen LogP contribution in [-0.2, 0) is 4.74 Å². The summed E-state index contributed by atoms with van der Waals surface area (Å²) in [6.07, 6.45) is -9.32. The molecule has 10 rings (SSSR count). The first kappa shape index (κ1) is 39.5. The van der Waals surface area contributed by atoms with Gasteiger partial charge in [-0.25, -0.2) is 0 Å². The summed E-state index contributed by atoms with van der Waals surface area (Å²) in [5, 5.41) is 134. The molecule has 2 heterocycles. The Bertz CT molecular complexity index is 2720. The number of fused-ring (bicyclic) bond motifs is 6. The summed E-state index contributed by atoms with van der Waals surface area (Å²) in [7, 11) is 0. The van der Waals surface area contributed by atoms with Crippen molar-refractivity contribution in [3.05, 3.63) is 159 Å². The number of ether oxygens (including phenoxy) is 2. The molecule has 2 aliphatic carbocycles. The van der Waals surface area contributed by atoms with Crippen LogP contribution in [0.4, 0.5) is 0 Å². The first-order valence-electron chi connectivity index (χ1n) is 20.1. The fourth-order valence-corrected chi connectivity index (χ4v) is 10.7. The second-order valence-corrected chi connectivity index (χ2v) is 16.6. The Morgan fingerprint density at radius 3 is 1.50 bits per heavy atom. The molecule has 11 atom stereocenters. The van der Waals surface area contributed by atoms with Crippen LogP contribution in [-0.4, -0.2) is 92.3 Å². The summed E-state index contributed by atoms with van der Waals surface area (Å²) in [5.41, 5.74) is 3.92. The highest BCUT2D eigenvalue weighted by atomic mass is 16.5. The average molecular weight is 843 g/mol.